The van der Waals surface area contributed by atoms with Crippen LogP contribution in [0.5, 0.6) is 0 Å². The SMILES string of the molecule is Cn1ccc(N2CCN=C2NCCN2CC3CCCCN3C2=O)n1.I. The third kappa shape index (κ3) is 3.70. The molecule has 2 fully saturated rings. The number of halogens is 1. The number of aryl methyl sites for hydroxylation is 1. The minimum Gasteiger partial charge on any atom is -0.354 e. The van der Waals surface area contributed by atoms with Crippen LogP contribution >= 0.6 is 24.0 Å². The maximum Gasteiger partial charge on any atom is 0.320 e. The number of hydrogen-bond donors (Lipinski definition) is 1. The molecule has 138 valence electrons. The average Bonchev–Trinajstić information content (AvgIpc) is 3.28. The molecule has 2 amide bonds. The Balaban J connectivity index is 0.00000182. The zero-order valence-electron chi connectivity index (χ0n) is 14.6. The predicted molar refractivity (Wildman–Crippen MR) is 108 cm³/mol. The number of amides is 2. The van der Waals surface area contributed by atoms with Crippen LogP contribution in [0, 0.1) is 0 Å². The summed E-state index contributed by atoms with van der Waals surface area (Å²) in [5, 5.41) is 7.82. The van der Waals surface area contributed by atoms with Crippen molar-refractivity contribution in [2.24, 2.45) is 12.0 Å². The molecule has 2 saturated heterocycles. The van der Waals surface area contributed by atoms with E-state index in [1.54, 1.807) is 4.68 Å². The van der Waals surface area contributed by atoms with Crippen molar-refractivity contribution in [1.82, 2.24) is 24.9 Å². The molecule has 4 heterocycles. The molecule has 25 heavy (non-hydrogen) atoms. The van der Waals surface area contributed by atoms with Gasteiger partial charge in [-0.15, -0.1) is 24.0 Å². The number of urea groups is 1. The van der Waals surface area contributed by atoms with E-state index in [9.17, 15) is 4.79 Å². The monoisotopic (exact) mass is 459 g/mol. The number of carbonyl (C=O) groups is 1. The van der Waals surface area contributed by atoms with E-state index in [0.717, 1.165) is 57.3 Å². The molecule has 1 aromatic rings. The number of anilines is 1. The minimum absolute atomic E-state index is 0. The number of aliphatic imine (C=N–C) groups is 1. The summed E-state index contributed by atoms with van der Waals surface area (Å²) in [7, 11) is 1.91. The van der Waals surface area contributed by atoms with Gasteiger partial charge in [0.1, 0.15) is 0 Å². The van der Waals surface area contributed by atoms with Crippen molar-refractivity contribution in [3.8, 4) is 0 Å². The highest BCUT2D eigenvalue weighted by Gasteiger charge is 2.37. The number of rotatable bonds is 4. The number of guanidine groups is 1. The maximum absolute atomic E-state index is 12.4. The van der Waals surface area contributed by atoms with Gasteiger partial charge in [0.05, 0.1) is 12.6 Å². The van der Waals surface area contributed by atoms with Crippen molar-refractivity contribution in [3.63, 3.8) is 0 Å². The van der Waals surface area contributed by atoms with Crippen molar-refractivity contribution < 1.29 is 4.79 Å². The Morgan fingerprint density at radius 2 is 2.20 bits per heavy atom. The third-order valence-electron chi connectivity index (χ3n) is 5.06. The summed E-state index contributed by atoms with van der Waals surface area (Å²) < 4.78 is 1.80. The van der Waals surface area contributed by atoms with Crippen molar-refractivity contribution >= 4 is 41.8 Å². The number of fused-ring (bicyclic) bond motifs is 1. The molecule has 1 atom stereocenters. The van der Waals surface area contributed by atoms with Gasteiger partial charge in [-0.1, -0.05) is 0 Å². The lowest BCUT2D eigenvalue weighted by atomic mass is 10.0. The van der Waals surface area contributed by atoms with E-state index in [0.29, 0.717) is 12.6 Å². The number of carbonyl (C=O) groups excluding carboxylic acids is 1. The Bertz CT molecular complexity index is 646. The first-order valence-corrected chi connectivity index (χ1v) is 8.83. The zero-order valence-corrected chi connectivity index (χ0v) is 16.9. The van der Waals surface area contributed by atoms with Gasteiger partial charge in [-0.05, 0) is 19.3 Å². The van der Waals surface area contributed by atoms with Crippen LogP contribution in [0.15, 0.2) is 17.3 Å². The molecule has 3 aliphatic rings. The van der Waals surface area contributed by atoms with E-state index >= 15 is 0 Å². The van der Waals surface area contributed by atoms with E-state index in [1.165, 1.54) is 6.42 Å². The highest BCUT2D eigenvalue weighted by molar-refractivity contribution is 14.0. The van der Waals surface area contributed by atoms with Gasteiger partial charge in [0.2, 0.25) is 0 Å². The highest BCUT2D eigenvalue weighted by Crippen LogP contribution is 2.24. The van der Waals surface area contributed by atoms with Crippen LogP contribution in [-0.2, 0) is 7.05 Å². The maximum atomic E-state index is 12.4. The van der Waals surface area contributed by atoms with Crippen LogP contribution < -0.4 is 10.2 Å². The summed E-state index contributed by atoms with van der Waals surface area (Å²) in [5.74, 6) is 1.77. The molecule has 4 rings (SSSR count). The summed E-state index contributed by atoms with van der Waals surface area (Å²) in [5.41, 5.74) is 0. The van der Waals surface area contributed by atoms with E-state index in [-0.39, 0.29) is 30.0 Å². The lowest BCUT2D eigenvalue weighted by Gasteiger charge is -2.27. The van der Waals surface area contributed by atoms with Crippen molar-refractivity contribution in [2.45, 2.75) is 25.3 Å². The number of nitrogens with one attached hydrogen (secondary N) is 1. The Labute approximate surface area is 165 Å². The summed E-state index contributed by atoms with van der Waals surface area (Å²) in [6.45, 7) is 4.86. The quantitative estimate of drug-likeness (QED) is 0.685. The van der Waals surface area contributed by atoms with Crippen LogP contribution in [0.3, 0.4) is 0 Å². The minimum atomic E-state index is 0. The molecule has 0 saturated carbocycles. The van der Waals surface area contributed by atoms with Gasteiger partial charge in [0.25, 0.3) is 0 Å². The molecule has 1 aromatic heterocycles. The fourth-order valence-corrected chi connectivity index (χ4v) is 3.81. The molecular weight excluding hydrogens is 433 g/mol. The molecule has 9 heteroatoms. The van der Waals surface area contributed by atoms with E-state index < -0.39 is 0 Å². The number of aromatic nitrogens is 2. The topological polar surface area (TPSA) is 69.0 Å². The number of nitrogens with zero attached hydrogens (tertiary/aromatic N) is 6. The van der Waals surface area contributed by atoms with Gasteiger partial charge in [0.15, 0.2) is 11.8 Å². The first-order valence-electron chi connectivity index (χ1n) is 8.83. The number of piperidine rings is 1. The molecule has 0 aliphatic carbocycles. The second-order valence-electron chi connectivity index (χ2n) is 6.70. The normalized spacial score (nSPS) is 22.8. The van der Waals surface area contributed by atoms with Crippen LogP contribution in [0.4, 0.5) is 10.6 Å². The summed E-state index contributed by atoms with van der Waals surface area (Å²) in [4.78, 5) is 23.1. The third-order valence-corrected chi connectivity index (χ3v) is 5.06. The fourth-order valence-electron chi connectivity index (χ4n) is 3.81. The lowest BCUT2D eigenvalue weighted by molar-refractivity contribution is 0.175. The van der Waals surface area contributed by atoms with Crippen LogP contribution in [0.1, 0.15) is 19.3 Å². The Morgan fingerprint density at radius 1 is 1.32 bits per heavy atom. The van der Waals surface area contributed by atoms with E-state index in [4.69, 9.17) is 0 Å². The van der Waals surface area contributed by atoms with Crippen molar-refractivity contribution in [3.05, 3.63) is 12.3 Å². The molecule has 1 N–H and O–H groups in total. The first kappa shape index (κ1) is 18.3. The molecule has 3 aliphatic heterocycles. The Kier molecular flexibility index (Phi) is 5.70. The van der Waals surface area contributed by atoms with Gasteiger partial charge < -0.3 is 15.1 Å². The molecule has 0 radical (unpaired) electrons. The van der Waals surface area contributed by atoms with Gasteiger partial charge in [-0.2, -0.15) is 5.10 Å². The van der Waals surface area contributed by atoms with E-state index in [1.807, 2.05) is 24.2 Å². The Morgan fingerprint density at radius 3 is 2.96 bits per heavy atom. The van der Waals surface area contributed by atoms with Crippen molar-refractivity contribution in [1.29, 1.82) is 0 Å². The van der Waals surface area contributed by atoms with Gasteiger partial charge in [0, 0.05) is 52.0 Å². The van der Waals surface area contributed by atoms with Crippen molar-refractivity contribution in [2.75, 3.05) is 44.2 Å². The standard InChI is InChI=1S/C16H25N7O.HI/c1-20-9-5-14(19-20)23-11-7-18-15(23)17-6-10-21-12-13-4-2-3-8-22(13)16(21)24;/h5,9,13H,2-4,6-8,10-12H2,1H3,(H,17,18);1H. The second-order valence-corrected chi connectivity index (χ2v) is 6.70. The molecule has 0 aromatic carbocycles. The van der Waals surface area contributed by atoms with Gasteiger partial charge >= 0.3 is 6.03 Å². The molecule has 0 bridgehead atoms. The largest absolute Gasteiger partial charge is 0.354 e. The fraction of sp³-hybridized carbons (Fsp3) is 0.688. The molecule has 1 unspecified atom stereocenters. The van der Waals surface area contributed by atoms with Crippen LogP contribution in [0.2, 0.25) is 0 Å². The van der Waals surface area contributed by atoms with Gasteiger partial charge in [-0.3, -0.25) is 14.6 Å². The lowest BCUT2D eigenvalue weighted by Crippen LogP contribution is -2.43. The average molecular weight is 459 g/mol. The molecule has 0 spiro atoms. The summed E-state index contributed by atoms with van der Waals surface area (Å²) >= 11 is 0. The summed E-state index contributed by atoms with van der Waals surface area (Å²) in [6.07, 6.45) is 5.47. The second kappa shape index (κ2) is 7.79. The predicted octanol–water partition coefficient (Wildman–Crippen LogP) is 1.09. The zero-order chi connectivity index (χ0) is 16.5. The van der Waals surface area contributed by atoms with Gasteiger partial charge in [-0.25, -0.2) is 4.79 Å². The summed E-state index contributed by atoms with van der Waals surface area (Å²) in [6, 6.07) is 2.63. The van der Waals surface area contributed by atoms with Crippen LogP contribution in [-0.4, -0.2) is 76.9 Å². The van der Waals surface area contributed by atoms with Crippen LogP contribution in [0.25, 0.3) is 0 Å². The first-order chi connectivity index (χ1) is 11.7. The molecule has 8 nitrogen and oxygen atoms in total. The Hall–Kier alpha value is -1.52. The highest BCUT2D eigenvalue weighted by atomic mass is 127. The van der Waals surface area contributed by atoms with E-state index in [2.05, 4.69) is 25.2 Å². The number of hydrogen-bond acceptors (Lipinski definition) is 5. The molecular formula is C16H26IN7O. The smallest absolute Gasteiger partial charge is 0.320 e.